The molecule has 0 saturated carbocycles. The van der Waals surface area contributed by atoms with Crippen LogP contribution in [0.4, 0.5) is 17.1 Å². The highest BCUT2D eigenvalue weighted by atomic mass is 16.6. The molecule has 3 rings (SSSR count). The van der Waals surface area contributed by atoms with E-state index in [1.165, 1.54) is 18.2 Å². The highest BCUT2D eigenvalue weighted by Gasteiger charge is 2.35. The quantitative estimate of drug-likeness (QED) is 0.675. The van der Waals surface area contributed by atoms with Crippen molar-refractivity contribution in [2.45, 2.75) is 20.3 Å². The molecule has 0 aromatic heterocycles. The predicted molar refractivity (Wildman–Crippen MR) is 98.1 cm³/mol. The maximum Gasteiger partial charge on any atom is 0.271 e. The fraction of sp³-hybridized carbons (Fsp3) is 0.263. The number of hydrogen-bond acceptors (Lipinski definition) is 4. The zero-order valence-corrected chi connectivity index (χ0v) is 14.6. The monoisotopic (exact) mass is 353 g/mol. The fourth-order valence-electron chi connectivity index (χ4n) is 3.07. The summed E-state index contributed by atoms with van der Waals surface area (Å²) in [7, 11) is 0. The molecule has 0 bridgehead atoms. The molecule has 1 N–H and O–H groups in total. The van der Waals surface area contributed by atoms with Gasteiger partial charge < -0.3 is 10.2 Å². The number of hydrogen-bond donors (Lipinski definition) is 1. The van der Waals surface area contributed by atoms with E-state index in [-0.39, 0.29) is 23.9 Å². The first-order valence-electron chi connectivity index (χ1n) is 8.28. The Morgan fingerprint density at radius 3 is 2.73 bits per heavy atom. The second kappa shape index (κ2) is 6.95. The van der Waals surface area contributed by atoms with Gasteiger partial charge in [0.2, 0.25) is 11.8 Å². The second-order valence-corrected chi connectivity index (χ2v) is 6.49. The van der Waals surface area contributed by atoms with E-state index < -0.39 is 10.8 Å². The number of amides is 2. The third kappa shape index (κ3) is 3.56. The molecule has 1 heterocycles. The van der Waals surface area contributed by atoms with Gasteiger partial charge in [0.05, 0.1) is 10.8 Å². The largest absolute Gasteiger partial charge is 0.326 e. The van der Waals surface area contributed by atoms with Crippen LogP contribution in [0.3, 0.4) is 0 Å². The van der Waals surface area contributed by atoms with E-state index >= 15 is 0 Å². The molecule has 7 nitrogen and oxygen atoms in total. The Bertz CT molecular complexity index is 894. The highest BCUT2D eigenvalue weighted by Crippen LogP contribution is 2.29. The van der Waals surface area contributed by atoms with Gasteiger partial charge in [-0.3, -0.25) is 19.7 Å². The smallest absolute Gasteiger partial charge is 0.271 e. The first-order valence-corrected chi connectivity index (χ1v) is 8.28. The summed E-state index contributed by atoms with van der Waals surface area (Å²) in [5.41, 5.74) is 3.09. The number of nitrogens with one attached hydrogen (secondary N) is 1. The average molecular weight is 353 g/mol. The minimum absolute atomic E-state index is 0.0951. The summed E-state index contributed by atoms with van der Waals surface area (Å²) >= 11 is 0. The van der Waals surface area contributed by atoms with E-state index in [2.05, 4.69) is 5.32 Å². The Labute approximate surface area is 150 Å². The van der Waals surface area contributed by atoms with Gasteiger partial charge in [0, 0.05) is 36.5 Å². The van der Waals surface area contributed by atoms with Crippen molar-refractivity contribution in [3.05, 3.63) is 63.7 Å². The van der Waals surface area contributed by atoms with Gasteiger partial charge >= 0.3 is 0 Å². The predicted octanol–water partition coefficient (Wildman–Crippen LogP) is 3.20. The molecule has 7 heteroatoms. The first-order chi connectivity index (χ1) is 12.3. The number of nitro groups is 1. The number of anilines is 2. The molecule has 2 aromatic rings. The lowest BCUT2D eigenvalue weighted by Crippen LogP contribution is -2.28. The normalized spacial score (nSPS) is 16.6. The van der Waals surface area contributed by atoms with Gasteiger partial charge in [0.25, 0.3) is 5.69 Å². The summed E-state index contributed by atoms with van der Waals surface area (Å²) < 4.78 is 0. The zero-order chi connectivity index (χ0) is 18.8. The number of nitro benzene ring substituents is 1. The summed E-state index contributed by atoms with van der Waals surface area (Å²) in [4.78, 5) is 36.9. The summed E-state index contributed by atoms with van der Waals surface area (Å²) in [6, 6.07) is 11.6. The number of non-ortho nitro benzene ring substituents is 1. The standard InChI is InChI=1S/C19H19N3O4/c1-12-6-7-13(2)17(8-12)21-11-14(9-18(21)23)19(24)20-15-4-3-5-16(10-15)22(25)26/h3-8,10,14H,9,11H2,1-2H3,(H,20,24)/t14-/m0/s1. The van der Waals surface area contributed by atoms with Crippen molar-refractivity contribution in [3.8, 4) is 0 Å². The first kappa shape index (κ1) is 17.6. The molecule has 1 saturated heterocycles. The van der Waals surface area contributed by atoms with E-state index in [4.69, 9.17) is 0 Å². The van der Waals surface area contributed by atoms with Crippen LogP contribution in [0.15, 0.2) is 42.5 Å². The van der Waals surface area contributed by atoms with Crippen LogP contribution in [0.25, 0.3) is 0 Å². The minimum Gasteiger partial charge on any atom is -0.326 e. The van der Waals surface area contributed by atoms with E-state index in [1.807, 2.05) is 32.0 Å². The number of carbonyl (C=O) groups is 2. The van der Waals surface area contributed by atoms with Crippen LogP contribution in [0.5, 0.6) is 0 Å². The maximum atomic E-state index is 12.5. The average Bonchev–Trinajstić information content (AvgIpc) is 2.99. The van der Waals surface area contributed by atoms with Crippen LogP contribution in [0.2, 0.25) is 0 Å². The summed E-state index contributed by atoms with van der Waals surface area (Å²) in [5, 5.41) is 13.5. The van der Waals surface area contributed by atoms with Gasteiger partial charge in [0.15, 0.2) is 0 Å². The van der Waals surface area contributed by atoms with Gasteiger partial charge in [-0.1, -0.05) is 18.2 Å². The molecule has 1 atom stereocenters. The molecule has 26 heavy (non-hydrogen) atoms. The van der Waals surface area contributed by atoms with E-state index in [0.29, 0.717) is 12.2 Å². The molecule has 1 aliphatic heterocycles. The van der Waals surface area contributed by atoms with E-state index in [0.717, 1.165) is 16.8 Å². The van der Waals surface area contributed by atoms with Crippen LogP contribution in [-0.4, -0.2) is 23.3 Å². The molecule has 0 unspecified atom stereocenters. The Balaban J connectivity index is 1.74. The lowest BCUT2D eigenvalue weighted by atomic mass is 10.1. The van der Waals surface area contributed by atoms with Crippen molar-refractivity contribution < 1.29 is 14.5 Å². The van der Waals surface area contributed by atoms with Gasteiger partial charge in [-0.05, 0) is 37.1 Å². The Kier molecular flexibility index (Phi) is 4.71. The van der Waals surface area contributed by atoms with Gasteiger partial charge in [0.1, 0.15) is 0 Å². The molecule has 2 amide bonds. The van der Waals surface area contributed by atoms with Crippen molar-refractivity contribution in [1.29, 1.82) is 0 Å². The molecule has 0 radical (unpaired) electrons. The van der Waals surface area contributed by atoms with E-state index in [9.17, 15) is 19.7 Å². The van der Waals surface area contributed by atoms with Crippen LogP contribution in [0.1, 0.15) is 17.5 Å². The third-order valence-corrected chi connectivity index (χ3v) is 4.48. The maximum absolute atomic E-state index is 12.5. The molecular formula is C19H19N3O4. The number of aryl methyl sites for hydroxylation is 2. The number of benzene rings is 2. The summed E-state index contributed by atoms with van der Waals surface area (Å²) in [5.74, 6) is -0.911. The molecule has 134 valence electrons. The van der Waals surface area contributed by atoms with Crippen molar-refractivity contribution in [3.63, 3.8) is 0 Å². The molecule has 2 aromatic carbocycles. The summed E-state index contributed by atoms with van der Waals surface area (Å²) in [6.07, 6.45) is 0.119. The Morgan fingerprint density at radius 1 is 1.23 bits per heavy atom. The third-order valence-electron chi connectivity index (χ3n) is 4.48. The zero-order valence-electron chi connectivity index (χ0n) is 14.6. The van der Waals surface area contributed by atoms with Crippen LogP contribution >= 0.6 is 0 Å². The molecule has 0 aliphatic carbocycles. The van der Waals surface area contributed by atoms with Crippen LogP contribution < -0.4 is 10.2 Å². The number of nitrogens with zero attached hydrogens (tertiary/aromatic N) is 2. The van der Waals surface area contributed by atoms with Crippen molar-refractivity contribution >= 4 is 28.9 Å². The SMILES string of the molecule is Cc1ccc(C)c(N2C[C@@H](C(=O)Nc3cccc([N+](=O)[O-])c3)CC2=O)c1. The molecular weight excluding hydrogens is 334 g/mol. The molecule has 1 aliphatic rings. The van der Waals surface area contributed by atoms with E-state index in [1.54, 1.807) is 11.0 Å². The van der Waals surface area contributed by atoms with Gasteiger partial charge in [-0.15, -0.1) is 0 Å². The molecule has 0 spiro atoms. The number of rotatable bonds is 4. The van der Waals surface area contributed by atoms with Crippen LogP contribution in [0, 0.1) is 29.9 Å². The fourth-order valence-corrected chi connectivity index (χ4v) is 3.07. The summed E-state index contributed by atoms with van der Waals surface area (Å²) in [6.45, 7) is 4.18. The van der Waals surface area contributed by atoms with Crippen molar-refractivity contribution in [2.24, 2.45) is 5.92 Å². The highest BCUT2D eigenvalue weighted by molar-refractivity contribution is 6.04. The van der Waals surface area contributed by atoms with Gasteiger partial charge in [-0.2, -0.15) is 0 Å². The Morgan fingerprint density at radius 2 is 2.00 bits per heavy atom. The number of carbonyl (C=O) groups excluding carboxylic acids is 2. The van der Waals surface area contributed by atoms with Crippen molar-refractivity contribution in [2.75, 3.05) is 16.8 Å². The lowest BCUT2D eigenvalue weighted by molar-refractivity contribution is -0.384. The van der Waals surface area contributed by atoms with Crippen molar-refractivity contribution in [1.82, 2.24) is 0 Å². The second-order valence-electron chi connectivity index (χ2n) is 6.49. The minimum atomic E-state index is -0.517. The van der Waals surface area contributed by atoms with Gasteiger partial charge in [-0.25, -0.2) is 0 Å². The Hall–Kier alpha value is -3.22. The van der Waals surface area contributed by atoms with Crippen LogP contribution in [-0.2, 0) is 9.59 Å². The lowest BCUT2D eigenvalue weighted by Gasteiger charge is -2.19. The molecule has 1 fully saturated rings. The topological polar surface area (TPSA) is 92.6 Å².